The number of rotatable bonds is 4. The average molecular weight is 362 g/mol. The van der Waals surface area contributed by atoms with E-state index in [1.165, 1.54) is 6.07 Å². The minimum atomic E-state index is -0.278. The molecule has 0 amide bonds. The SMILES string of the molecule is Fc1cccc(Cl)c1CC(CCl)c1ccc(Br)cc1. The predicted molar refractivity (Wildman–Crippen MR) is 82.7 cm³/mol. The van der Waals surface area contributed by atoms with Crippen molar-refractivity contribution >= 4 is 39.1 Å². The van der Waals surface area contributed by atoms with Crippen molar-refractivity contribution in [1.82, 2.24) is 0 Å². The van der Waals surface area contributed by atoms with E-state index in [0.717, 1.165) is 10.0 Å². The summed E-state index contributed by atoms with van der Waals surface area (Å²) in [7, 11) is 0. The zero-order valence-corrected chi connectivity index (χ0v) is 13.1. The molecule has 0 N–H and O–H groups in total. The summed E-state index contributed by atoms with van der Waals surface area (Å²) in [5.74, 6) is 0.190. The van der Waals surface area contributed by atoms with Gasteiger partial charge in [-0.05, 0) is 36.2 Å². The van der Waals surface area contributed by atoms with Crippen molar-refractivity contribution in [3.63, 3.8) is 0 Å². The lowest BCUT2D eigenvalue weighted by atomic mass is 9.93. The Morgan fingerprint density at radius 3 is 2.37 bits per heavy atom. The van der Waals surface area contributed by atoms with Gasteiger partial charge < -0.3 is 0 Å². The van der Waals surface area contributed by atoms with Crippen LogP contribution in [0.1, 0.15) is 17.0 Å². The van der Waals surface area contributed by atoms with Gasteiger partial charge in [0.2, 0.25) is 0 Å². The highest BCUT2D eigenvalue weighted by atomic mass is 79.9. The minimum absolute atomic E-state index is 0.0455. The molecule has 2 rings (SSSR count). The van der Waals surface area contributed by atoms with Gasteiger partial charge in [-0.2, -0.15) is 0 Å². The van der Waals surface area contributed by atoms with Crippen LogP contribution in [-0.2, 0) is 6.42 Å². The quantitative estimate of drug-likeness (QED) is 0.603. The highest BCUT2D eigenvalue weighted by molar-refractivity contribution is 9.10. The van der Waals surface area contributed by atoms with Crippen molar-refractivity contribution in [3.05, 3.63) is 68.9 Å². The van der Waals surface area contributed by atoms with Crippen molar-refractivity contribution < 1.29 is 4.39 Å². The number of hydrogen-bond acceptors (Lipinski definition) is 0. The minimum Gasteiger partial charge on any atom is -0.207 e. The molecule has 0 fully saturated rings. The van der Waals surface area contributed by atoms with Crippen LogP contribution in [0.3, 0.4) is 0 Å². The van der Waals surface area contributed by atoms with Gasteiger partial charge in [-0.3, -0.25) is 0 Å². The lowest BCUT2D eigenvalue weighted by Crippen LogP contribution is -2.06. The maximum absolute atomic E-state index is 13.8. The van der Waals surface area contributed by atoms with Crippen molar-refractivity contribution in [3.8, 4) is 0 Å². The van der Waals surface area contributed by atoms with E-state index in [-0.39, 0.29) is 11.7 Å². The molecule has 0 spiro atoms. The lowest BCUT2D eigenvalue weighted by Gasteiger charge is -2.16. The van der Waals surface area contributed by atoms with Gasteiger partial charge in [0.1, 0.15) is 5.82 Å². The molecule has 1 unspecified atom stereocenters. The molecule has 0 bridgehead atoms. The molecular formula is C15H12BrCl2F. The van der Waals surface area contributed by atoms with Crippen LogP contribution in [0.4, 0.5) is 4.39 Å². The molecule has 0 nitrogen and oxygen atoms in total. The Bertz CT molecular complexity index is 534. The van der Waals surface area contributed by atoms with E-state index in [4.69, 9.17) is 23.2 Å². The second-order valence-corrected chi connectivity index (χ2v) is 5.94. The third-order valence-electron chi connectivity index (χ3n) is 3.04. The van der Waals surface area contributed by atoms with E-state index in [2.05, 4.69) is 15.9 Å². The molecule has 0 saturated carbocycles. The highest BCUT2D eigenvalue weighted by Crippen LogP contribution is 2.28. The molecule has 2 aromatic rings. The molecule has 0 aliphatic heterocycles. The second-order valence-electron chi connectivity index (χ2n) is 4.31. The van der Waals surface area contributed by atoms with Crippen molar-refractivity contribution in [1.29, 1.82) is 0 Å². The van der Waals surface area contributed by atoms with Crippen LogP contribution in [0.15, 0.2) is 46.9 Å². The van der Waals surface area contributed by atoms with E-state index in [9.17, 15) is 4.39 Å². The third kappa shape index (κ3) is 3.71. The first-order valence-electron chi connectivity index (χ1n) is 5.86. The van der Waals surface area contributed by atoms with Gasteiger partial charge in [0.25, 0.3) is 0 Å². The largest absolute Gasteiger partial charge is 0.207 e. The Balaban J connectivity index is 2.26. The second kappa shape index (κ2) is 6.74. The van der Waals surface area contributed by atoms with Crippen molar-refractivity contribution in [2.75, 3.05) is 5.88 Å². The zero-order valence-electron chi connectivity index (χ0n) is 10.0. The van der Waals surface area contributed by atoms with Gasteiger partial charge in [-0.25, -0.2) is 4.39 Å². The maximum Gasteiger partial charge on any atom is 0.127 e. The summed E-state index contributed by atoms with van der Waals surface area (Å²) in [5.41, 5.74) is 1.61. The first-order chi connectivity index (χ1) is 9.11. The molecule has 0 aliphatic rings. The first-order valence-corrected chi connectivity index (χ1v) is 7.56. The Kier molecular flexibility index (Phi) is 5.26. The van der Waals surface area contributed by atoms with Gasteiger partial charge in [0, 0.05) is 26.9 Å². The fourth-order valence-electron chi connectivity index (χ4n) is 1.97. The molecule has 0 aromatic heterocycles. The number of hydrogen-bond donors (Lipinski definition) is 0. The van der Waals surface area contributed by atoms with Gasteiger partial charge in [0.15, 0.2) is 0 Å². The summed E-state index contributed by atoms with van der Waals surface area (Å²) >= 11 is 15.5. The summed E-state index contributed by atoms with van der Waals surface area (Å²) < 4.78 is 14.8. The molecule has 2 aromatic carbocycles. The van der Waals surface area contributed by atoms with Crippen molar-refractivity contribution in [2.24, 2.45) is 0 Å². The number of benzene rings is 2. The fraction of sp³-hybridized carbons (Fsp3) is 0.200. The molecule has 4 heteroatoms. The van der Waals surface area contributed by atoms with Gasteiger partial charge in [-0.1, -0.05) is 45.7 Å². The topological polar surface area (TPSA) is 0 Å². The van der Waals surface area contributed by atoms with Crippen LogP contribution in [-0.4, -0.2) is 5.88 Å². The van der Waals surface area contributed by atoms with E-state index in [1.807, 2.05) is 24.3 Å². The van der Waals surface area contributed by atoms with Crippen LogP contribution >= 0.6 is 39.1 Å². The van der Waals surface area contributed by atoms with Gasteiger partial charge in [0.05, 0.1) is 0 Å². The molecular weight excluding hydrogens is 350 g/mol. The van der Waals surface area contributed by atoms with Crippen molar-refractivity contribution in [2.45, 2.75) is 12.3 Å². The van der Waals surface area contributed by atoms with Crippen LogP contribution in [0.25, 0.3) is 0 Å². The summed E-state index contributed by atoms with van der Waals surface area (Å²) in [6.07, 6.45) is 0.497. The number of alkyl halides is 1. The monoisotopic (exact) mass is 360 g/mol. The Hall–Kier alpha value is -0.570. The summed E-state index contributed by atoms with van der Waals surface area (Å²) in [4.78, 5) is 0. The maximum atomic E-state index is 13.8. The molecule has 0 radical (unpaired) electrons. The fourth-order valence-corrected chi connectivity index (χ4v) is 2.76. The van der Waals surface area contributed by atoms with E-state index < -0.39 is 0 Å². The highest BCUT2D eigenvalue weighted by Gasteiger charge is 2.16. The standard InChI is InChI=1S/C15H12BrCl2F/c16-12-6-4-10(5-7-12)11(9-17)8-13-14(18)2-1-3-15(13)19/h1-7,11H,8-9H2. The van der Waals surface area contributed by atoms with E-state index in [1.54, 1.807) is 12.1 Å². The number of halogens is 4. The van der Waals surface area contributed by atoms with E-state index in [0.29, 0.717) is 22.9 Å². The molecule has 0 aliphatic carbocycles. The molecule has 19 heavy (non-hydrogen) atoms. The zero-order chi connectivity index (χ0) is 13.8. The van der Waals surface area contributed by atoms with Crippen LogP contribution in [0.2, 0.25) is 5.02 Å². The Labute approximate surface area is 130 Å². The lowest BCUT2D eigenvalue weighted by molar-refractivity contribution is 0.598. The van der Waals surface area contributed by atoms with Gasteiger partial charge in [-0.15, -0.1) is 11.6 Å². The normalized spacial score (nSPS) is 12.4. The van der Waals surface area contributed by atoms with Crippen LogP contribution in [0.5, 0.6) is 0 Å². The molecule has 1 atom stereocenters. The predicted octanol–water partition coefficient (Wildman–Crippen LogP) is 5.81. The van der Waals surface area contributed by atoms with E-state index >= 15 is 0 Å². The average Bonchev–Trinajstić information content (AvgIpc) is 2.40. The Morgan fingerprint density at radius 2 is 1.79 bits per heavy atom. The third-order valence-corrected chi connectivity index (χ3v) is 4.30. The van der Waals surface area contributed by atoms with Gasteiger partial charge >= 0.3 is 0 Å². The molecule has 100 valence electrons. The summed E-state index contributed by atoms with van der Waals surface area (Å²) in [6.45, 7) is 0. The molecule has 0 heterocycles. The van der Waals surface area contributed by atoms with Crippen LogP contribution < -0.4 is 0 Å². The first kappa shape index (κ1) is 14.8. The summed E-state index contributed by atoms with van der Waals surface area (Å²) in [6, 6.07) is 12.6. The van der Waals surface area contributed by atoms with Crippen LogP contribution in [0, 0.1) is 5.82 Å². The molecule has 0 saturated heterocycles. The summed E-state index contributed by atoms with van der Waals surface area (Å²) in [5, 5.41) is 0.451. The Morgan fingerprint density at radius 1 is 1.11 bits per heavy atom. The smallest absolute Gasteiger partial charge is 0.127 e.